The van der Waals surface area contributed by atoms with Crippen LogP contribution in [-0.2, 0) is 0 Å². The van der Waals surface area contributed by atoms with Crippen molar-refractivity contribution in [3.8, 4) is 0 Å². The Bertz CT molecular complexity index is 223. The molecule has 0 amide bonds. The number of thiol groups is 2. The molecule has 94 valence electrons. The van der Waals surface area contributed by atoms with Gasteiger partial charge in [0, 0.05) is 6.54 Å². The van der Waals surface area contributed by atoms with Gasteiger partial charge in [0.15, 0.2) is 8.64 Å². The summed E-state index contributed by atoms with van der Waals surface area (Å²) >= 11 is 18.3. The smallest absolute Gasteiger partial charge is 0.157 e. The summed E-state index contributed by atoms with van der Waals surface area (Å²) in [6, 6.07) is 0. The first-order valence-corrected chi connectivity index (χ1v) is 8.72. The van der Waals surface area contributed by atoms with Crippen LogP contribution in [0.15, 0.2) is 0 Å². The third-order valence-electron chi connectivity index (χ3n) is 1.71. The highest BCUT2D eigenvalue weighted by molar-refractivity contribution is 8.89. The molecule has 8 heteroatoms. The van der Waals surface area contributed by atoms with Gasteiger partial charge in [-0.15, -0.1) is 0 Å². The number of unbranched alkanes of at least 4 members (excludes halogenated alkanes) is 3. The zero-order chi connectivity index (χ0) is 12.4. The topological polar surface area (TPSA) is 15.3 Å². The van der Waals surface area contributed by atoms with Crippen LogP contribution in [0.3, 0.4) is 0 Å². The highest BCUT2D eigenvalue weighted by Gasteiger charge is 2.07. The minimum absolute atomic E-state index is 0.600. The van der Waals surface area contributed by atoms with E-state index >= 15 is 0 Å². The van der Waals surface area contributed by atoms with E-state index in [0.717, 1.165) is 17.3 Å². The van der Waals surface area contributed by atoms with Crippen molar-refractivity contribution in [1.82, 2.24) is 9.03 Å². The van der Waals surface area contributed by atoms with E-state index in [-0.39, 0.29) is 0 Å². The molecular weight excluding hydrogens is 317 g/mol. The maximum atomic E-state index is 5.20. The van der Waals surface area contributed by atoms with Crippen LogP contribution >= 0.6 is 71.7 Å². The molecule has 0 heterocycles. The highest BCUT2D eigenvalue weighted by Crippen LogP contribution is 2.27. The molecule has 16 heavy (non-hydrogen) atoms. The summed E-state index contributed by atoms with van der Waals surface area (Å²) < 4.78 is 5.71. The zero-order valence-electron chi connectivity index (χ0n) is 9.01. The molecular formula is C8H16N2S6. The van der Waals surface area contributed by atoms with Crippen LogP contribution in [0.2, 0.25) is 0 Å². The predicted molar refractivity (Wildman–Crippen MR) is 92.3 cm³/mol. The zero-order valence-corrected chi connectivity index (χ0v) is 14.1. The van der Waals surface area contributed by atoms with Crippen molar-refractivity contribution < 1.29 is 0 Å². The van der Waals surface area contributed by atoms with E-state index in [9.17, 15) is 0 Å². The monoisotopic (exact) mass is 332 g/mol. The van der Waals surface area contributed by atoms with Gasteiger partial charge in [0.1, 0.15) is 0 Å². The Kier molecular flexibility index (Phi) is 12.1. The first kappa shape index (κ1) is 17.2. The standard InChI is InChI=1S/C8H16N2S6/c1-2-3-4-5-6-10(14)8(12)16-15-7(11)9-13/h13-14H,2-6H2,1H3,(H,9,11). The second-order valence-electron chi connectivity index (χ2n) is 3.02. The molecule has 0 bridgehead atoms. The van der Waals surface area contributed by atoms with E-state index in [4.69, 9.17) is 24.4 Å². The largest absolute Gasteiger partial charge is 0.317 e. The van der Waals surface area contributed by atoms with Gasteiger partial charge in [-0.05, 0) is 28.0 Å². The molecule has 1 N–H and O–H groups in total. The molecule has 0 aliphatic carbocycles. The van der Waals surface area contributed by atoms with Crippen LogP contribution in [0.1, 0.15) is 32.6 Å². The Balaban J connectivity index is 3.61. The second kappa shape index (κ2) is 11.3. The molecule has 0 saturated heterocycles. The fourth-order valence-electron chi connectivity index (χ4n) is 0.915. The lowest BCUT2D eigenvalue weighted by molar-refractivity contribution is 0.590. The third kappa shape index (κ3) is 9.23. The first-order chi connectivity index (χ1) is 7.61. The summed E-state index contributed by atoms with van der Waals surface area (Å²) in [5.41, 5.74) is 0. The minimum Gasteiger partial charge on any atom is -0.317 e. The summed E-state index contributed by atoms with van der Waals surface area (Å²) in [4.78, 5) is 0. The molecule has 0 aromatic carbocycles. The van der Waals surface area contributed by atoms with Gasteiger partial charge < -0.3 is 9.03 Å². The average molecular weight is 333 g/mol. The Hall–Kier alpha value is 1.18. The van der Waals surface area contributed by atoms with Crippen molar-refractivity contribution in [2.75, 3.05) is 6.54 Å². The van der Waals surface area contributed by atoms with Gasteiger partial charge >= 0.3 is 0 Å². The van der Waals surface area contributed by atoms with Gasteiger partial charge in [-0.2, -0.15) is 0 Å². The summed E-state index contributed by atoms with van der Waals surface area (Å²) in [6.07, 6.45) is 4.86. The molecule has 0 radical (unpaired) electrons. The number of nitrogens with one attached hydrogen (secondary N) is 1. The van der Waals surface area contributed by atoms with Crippen molar-refractivity contribution in [2.45, 2.75) is 32.6 Å². The quantitative estimate of drug-likeness (QED) is 0.302. The molecule has 0 rings (SSSR count). The maximum absolute atomic E-state index is 5.20. The molecule has 2 nitrogen and oxygen atoms in total. The van der Waals surface area contributed by atoms with Crippen LogP contribution in [0, 0.1) is 0 Å². The van der Waals surface area contributed by atoms with E-state index < -0.39 is 0 Å². The first-order valence-electron chi connectivity index (χ1n) is 4.90. The number of rotatable bonds is 5. The van der Waals surface area contributed by atoms with Gasteiger partial charge in [0.25, 0.3) is 0 Å². The van der Waals surface area contributed by atoms with Crippen LogP contribution in [0.4, 0.5) is 0 Å². The van der Waals surface area contributed by atoms with Crippen molar-refractivity contribution in [2.24, 2.45) is 0 Å². The van der Waals surface area contributed by atoms with Crippen LogP contribution in [0.25, 0.3) is 0 Å². The lowest BCUT2D eigenvalue weighted by Gasteiger charge is -2.16. The van der Waals surface area contributed by atoms with E-state index in [1.807, 2.05) is 0 Å². The Morgan fingerprint density at radius 1 is 1.25 bits per heavy atom. The summed E-state index contributed by atoms with van der Waals surface area (Å²) in [7, 11) is 2.81. The average Bonchev–Trinajstić information content (AvgIpc) is 2.30. The van der Waals surface area contributed by atoms with E-state index in [0.29, 0.717) is 4.32 Å². The molecule has 0 aliphatic heterocycles. The summed E-state index contributed by atoms with van der Waals surface area (Å²) in [5, 5.41) is 0. The SMILES string of the molecule is CCCCCCN(S)C(=S)SSC(=S)NS. The second-order valence-corrected chi connectivity index (χ2v) is 7.16. The number of hydrogen-bond donors (Lipinski definition) is 3. The van der Waals surface area contributed by atoms with Crippen molar-refractivity contribution in [3.63, 3.8) is 0 Å². The molecule has 0 fully saturated rings. The fourth-order valence-corrected chi connectivity index (χ4v) is 3.57. The van der Waals surface area contributed by atoms with Crippen molar-refractivity contribution in [3.05, 3.63) is 0 Å². The molecule has 0 aromatic rings. The van der Waals surface area contributed by atoms with Gasteiger partial charge in [0.05, 0.1) is 0 Å². The van der Waals surface area contributed by atoms with Crippen molar-refractivity contribution in [1.29, 1.82) is 0 Å². The van der Waals surface area contributed by atoms with Crippen LogP contribution < -0.4 is 4.72 Å². The van der Waals surface area contributed by atoms with Gasteiger partial charge in [-0.3, -0.25) is 0 Å². The Labute approximate surface area is 128 Å². The Morgan fingerprint density at radius 2 is 1.94 bits per heavy atom. The lowest BCUT2D eigenvalue weighted by atomic mass is 10.2. The van der Waals surface area contributed by atoms with Crippen LogP contribution in [-0.4, -0.2) is 19.5 Å². The molecule has 0 aromatic heterocycles. The van der Waals surface area contributed by atoms with E-state index in [2.05, 4.69) is 37.3 Å². The van der Waals surface area contributed by atoms with Crippen molar-refractivity contribution >= 4 is 80.3 Å². The molecule has 0 atom stereocenters. The highest BCUT2D eigenvalue weighted by atomic mass is 33.1. The van der Waals surface area contributed by atoms with Gasteiger partial charge in [-0.25, -0.2) is 0 Å². The van der Waals surface area contributed by atoms with E-state index in [1.54, 1.807) is 4.31 Å². The summed E-state index contributed by atoms with van der Waals surface area (Å²) in [5.74, 6) is 0. The molecule has 0 aliphatic rings. The van der Waals surface area contributed by atoms with E-state index in [1.165, 1.54) is 40.9 Å². The molecule has 0 saturated carbocycles. The lowest BCUT2D eigenvalue weighted by Crippen LogP contribution is -2.17. The number of thiocarbonyl (C=S) groups is 2. The number of hydrogen-bond acceptors (Lipinski definition) is 6. The molecule has 0 unspecified atom stereocenters. The molecule has 0 spiro atoms. The van der Waals surface area contributed by atoms with Gasteiger partial charge in [-0.1, -0.05) is 76.3 Å². The third-order valence-corrected chi connectivity index (χ3v) is 6.29. The van der Waals surface area contributed by atoms with Crippen LogP contribution in [0.5, 0.6) is 0 Å². The summed E-state index contributed by atoms with van der Waals surface area (Å²) in [6.45, 7) is 3.08. The normalized spacial score (nSPS) is 9.94. The maximum Gasteiger partial charge on any atom is 0.157 e. The Morgan fingerprint density at radius 3 is 2.50 bits per heavy atom. The predicted octanol–water partition coefficient (Wildman–Crippen LogP) is 4.10. The minimum atomic E-state index is 0.600. The van der Waals surface area contributed by atoms with Gasteiger partial charge in [0.2, 0.25) is 0 Å². The fraction of sp³-hybridized carbons (Fsp3) is 0.750. The number of nitrogens with zero attached hydrogens (tertiary/aromatic N) is 1.